The molecule has 1 heterocycles. The first-order chi connectivity index (χ1) is 25.5. The Labute approximate surface area is 330 Å². The number of aliphatic hydroxyl groups excluding tert-OH is 1. The fourth-order valence-electron chi connectivity index (χ4n) is 13.4. The summed E-state index contributed by atoms with van der Waals surface area (Å²) in [6.07, 6.45) is 10.3. The lowest BCUT2D eigenvalue weighted by atomic mass is 9.33. The van der Waals surface area contributed by atoms with Crippen molar-refractivity contribution in [1.82, 2.24) is 14.8 Å². The average Bonchev–Trinajstić information content (AvgIpc) is 3.70. The molecule has 5 aliphatic carbocycles. The highest BCUT2D eigenvalue weighted by molar-refractivity contribution is 6.00. The first kappa shape index (κ1) is 42.1. The van der Waals surface area contributed by atoms with Crippen LogP contribution in [-0.2, 0) is 25.7 Å². The smallest absolute Gasteiger partial charge is 0.309 e. The van der Waals surface area contributed by atoms with Crippen molar-refractivity contribution in [2.75, 3.05) is 33.7 Å². The van der Waals surface area contributed by atoms with Crippen LogP contribution in [0.5, 0.6) is 0 Å². The van der Waals surface area contributed by atoms with Crippen molar-refractivity contribution < 1.29 is 33.8 Å². The fraction of sp³-hybridized carbons (Fsp3) is 0.822. The summed E-state index contributed by atoms with van der Waals surface area (Å²) in [5, 5.41) is 22.2. The lowest BCUT2D eigenvalue weighted by Crippen LogP contribution is -2.66. The Kier molecular flexibility index (Phi) is 11.2. The zero-order valence-electron chi connectivity index (χ0n) is 35.8. The van der Waals surface area contributed by atoms with Crippen LogP contribution in [-0.4, -0.2) is 88.7 Å². The van der Waals surface area contributed by atoms with Crippen molar-refractivity contribution in [1.29, 1.82) is 0 Å². The Bertz CT molecular complexity index is 1650. The van der Waals surface area contributed by atoms with Crippen LogP contribution in [0.3, 0.4) is 0 Å². The van der Waals surface area contributed by atoms with Crippen LogP contribution >= 0.6 is 0 Å². The number of ketones is 1. The van der Waals surface area contributed by atoms with Crippen molar-refractivity contribution >= 4 is 17.7 Å². The van der Waals surface area contributed by atoms with E-state index in [1.54, 1.807) is 26.3 Å². The monoisotopic (exact) mass is 766 g/mol. The summed E-state index contributed by atoms with van der Waals surface area (Å²) in [4.78, 5) is 47.9. The van der Waals surface area contributed by atoms with Crippen LogP contribution in [0.15, 0.2) is 28.0 Å². The highest BCUT2D eigenvalue weighted by Gasteiger charge is 2.71. The van der Waals surface area contributed by atoms with E-state index in [0.29, 0.717) is 37.2 Å². The molecule has 10 heteroatoms. The van der Waals surface area contributed by atoms with Gasteiger partial charge in [0, 0.05) is 36.9 Å². The number of oxazole rings is 1. The maximum absolute atomic E-state index is 14.2. The molecule has 0 saturated heterocycles. The van der Waals surface area contributed by atoms with Crippen LogP contribution in [0.1, 0.15) is 132 Å². The Morgan fingerprint density at radius 1 is 0.982 bits per heavy atom. The molecule has 5 aliphatic rings. The molecule has 0 bridgehead atoms. The van der Waals surface area contributed by atoms with Gasteiger partial charge in [-0.05, 0) is 125 Å². The topological polar surface area (TPSA) is 133 Å². The first-order valence-corrected chi connectivity index (χ1v) is 21.2. The molecule has 308 valence electrons. The molecular formula is C45H71N3O7. The number of ether oxygens (including phenoxy) is 1. The van der Waals surface area contributed by atoms with E-state index in [9.17, 15) is 24.6 Å². The number of Topliss-reactive ketones (excluding diaryl/α,β-unsaturated/α-hetero) is 1. The summed E-state index contributed by atoms with van der Waals surface area (Å²) < 4.78 is 11.8. The van der Waals surface area contributed by atoms with Gasteiger partial charge in [0.25, 0.3) is 0 Å². The lowest BCUT2D eigenvalue weighted by Gasteiger charge is -2.72. The van der Waals surface area contributed by atoms with E-state index in [1.165, 1.54) is 5.57 Å². The number of carbonyl (C=O) groups excluding carboxylic acids is 2. The van der Waals surface area contributed by atoms with E-state index in [-0.39, 0.29) is 51.8 Å². The number of hydrogen-bond acceptors (Lipinski definition) is 9. The minimum atomic E-state index is -1.17. The maximum atomic E-state index is 14.2. The summed E-state index contributed by atoms with van der Waals surface area (Å²) in [5.74, 6) is 0.598. The van der Waals surface area contributed by atoms with E-state index in [2.05, 4.69) is 77.3 Å². The predicted molar refractivity (Wildman–Crippen MR) is 212 cm³/mol. The number of carbonyl (C=O) groups is 3. The third-order valence-electron chi connectivity index (χ3n) is 16.6. The van der Waals surface area contributed by atoms with Gasteiger partial charge >= 0.3 is 11.9 Å². The van der Waals surface area contributed by atoms with Crippen LogP contribution in [0.2, 0.25) is 0 Å². The van der Waals surface area contributed by atoms with Gasteiger partial charge in [0.1, 0.15) is 12.4 Å². The molecule has 6 rings (SSSR count). The number of fused-ring (bicyclic) bond motifs is 7. The molecule has 1 aromatic rings. The Morgan fingerprint density at radius 2 is 1.69 bits per heavy atom. The van der Waals surface area contributed by atoms with Gasteiger partial charge in [-0.1, -0.05) is 54.0 Å². The van der Waals surface area contributed by atoms with Crippen molar-refractivity contribution in [2.45, 2.75) is 145 Å². The summed E-state index contributed by atoms with van der Waals surface area (Å²) >= 11 is 0. The highest BCUT2D eigenvalue weighted by Crippen LogP contribution is 2.77. The van der Waals surface area contributed by atoms with Crippen LogP contribution in [0.4, 0.5) is 0 Å². The second-order valence-corrected chi connectivity index (χ2v) is 21.0. The number of carboxylic acid groups (broad SMARTS) is 1. The molecule has 4 saturated carbocycles. The normalized spacial score (nSPS) is 36.4. The Balaban J connectivity index is 1.28. The number of esters is 1. The largest absolute Gasteiger partial charge is 0.481 e. The highest BCUT2D eigenvalue weighted by atomic mass is 16.5. The van der Waals surface area contributed by atoms with E-state index >= 15 is 0 Å². The molecule has 0 amide bonds. The molecule has 9 unspecified atom stereocenters. The van der Waals surface area contributed by atoms with Gasteiger partial charge in [-0.25, -0.2) is 4.98 Å². The number of aromatic nitrogens is 1. The van der Waals surface area contributed by atoms with Crippen molar-refractivity contribution in [3.8, 4) is 0 Å². The molecule has 0 aliphatic heterocycles. The molecular weight excluding hydrogens is 695 g/mol. The molecule has 1 aromatic heterocycles. The standard InChI is InChI=1S/C45H71N3O7/c1-28(2)37-30(49)24-45(33(50)26-48(22-21-47(10)11)27-35-46-20-23-54-35)19-18-43(8)29(38(37)45)12-13-32-42(7)16-15-34(55-36(51)25-40(3,4)39(52)53)41(5,6)31(42)14-17-44(32,43)9/h20,23,28-29,31-34,50H,12-19,21-22,24-27H2,1-11H3,(H,52,53). The van der Waals surface area contributed by atoms with Gasteiger partial charge in [-0.3, -0.25) is 19.3 Å². The third kappa shape index (κ3) is 6.96. The predicted octanol–water partition coefficient (Wildman–Crippen LogP) is 7.79. The van der Waals surface area contributed by atoms with Crippen LogP contribution in [0, 0.1) is 56.2 Å². The van der Waals surface area contributed by atoms with Gasteiger partial charge in [0.05, 0.1) is 30.7 Å². The minimum Gasteiger partial charge on any atom is -0.481 e. The molecule has 9 atom stereocenters. The zero-order chi connectivity index (χ0) is 40.5. The quantitative estimate of drug-likeness (QED) is 0.192. The first-order valence-electron chi connectivity index (χ1n) is 21.2. The van der Waals surface area contributed by atoms with Gasteiger partial charge in [0.2, 0.25) is 5.89 Å². The number of nitrogens with zero attached hydrogens (tertiary/aromatic N) is 3. The molecule has 0 aromatic carbocycles. The van der Waals surface area contributed by atoms with Crippen molar-refractivity contribution in [2.24, 2.45) is 56.2 Å². The van der Waals surface area contributed by atoms with Gasteiger partial charge < -0.3 is 24.3 Å². The fourth-order valence-corrected chi connectivity index (χ4v) is 13.4. The number of likely N-dealkylation sites (N-methyl/N-ethyl adjacent to an activating group) is 1. The summed E-state index contributed by atoms with van der Waals surface area (Å²) in [6.45, 7) is 22.2. The average molecular weight is 766 g/mol. The Hall–Kier alpha value is -2.56. The molecule has 10 nitrogen and oxygen atoms in total. The second kappa shape index (κ2) is 14.7. The van der Waals surface area contributed by atoms with Crippen LogP contribution < -0.4 is 0 Å². The number of rotatable bonds is 13. The summed E-state index contributed by atoms with van der Waals surface area (Å²) in [5.41, 5.74) is 0.320. The minimum absolute atomic E-state index is 0.0345. The van der Waals surface area contributed by atoms with Gasteiger partial charge in [-0.2, -0.15) is 0 Å². The molecule has 2 N–H and O–H groups in total. The van der Waals surface area contributed by atoms with Crippen molar-refractivity contribution in [3.05, 3.63) is 29.5 Å². The number of hydrogen-bond donors (Lipinski definition) is 2. The summed E-state index contributed by atoms with van der Waals surface area (Å²) in [7, 11) is 4.12. The lowest BCUT2D eigenvalue weighted by molar-refractivity contribution is -0.235. The van der Waals surface area contributed by atoms with E-state index in [1.807, 2.05) is 0 Å². The number of aliphatic carboxylic acids is 1. The van der Waals surface area contributed by atoms with E-state index < -0.39 is 28.9 Å². The third-order valence-corrected chi connectivity index (χ3v) is 16.6. The number of aliphatic hydroxyl groups is 1. The summed E-state index contributed by atoms with van der Waals surface area (Å²) in [6, 6.07) is 0. The number of carboxylic acids is 1. The van der Waals surface area contributed by atoms with Gasteiger partial charge in [0.15, 0.2) is 5.78 Å². The van der Waals surface area contributed by atoms with Crippen molar-refractivity contribution in [3.63, 3.8) is 0 Å². The van der Waals surface area contributed by atoms with Gasteiger partial charge in [-0.15, -0.1) is 0 Å². The second-order valence-electron chi connectivity index (χ2n) is 21.0. The molecule has 0 radical (unpaired) electrons. The molecule has 55 heavy (non-hydrogen) atoms. The van der Waals surface area contributed by atoms with E-state index in [4.69, 9.17) is 9.15 Å². The molecule has 0 spiro atoms. The van der Waals surface area contributed by atoms with E-state index in [0.717, 1.165) is 70.0 Å². The zero-order valence-corrected chi connectivity index (χ0v) is 35.8. The number of allylic oxidation sites excluding steroid dienone is 1. The maximum Gasteiger partial charge on any atom is 0.309 e. The SMILES string of the molecule is CC(C)C1=C2C3CCC4C5(C)CCC(OC(=O)CC(C)(C)C(=O)O)C(C)(C)C5CCC4(C)C3(C)CCC2(C(O)CN(CCN(C)C)Cc2ncco2)CC1=O. The Morgan fingerprint density at radius 3 is 2.31 bits per heavy atom. The molecule has 4 fully saturated rings. The van der Waals surface area contributed by atoms with Crippen LogP contribution in [0.25, 0.3) is 0 Å².